The van der Waals surface area contributed by atoms with Gasteiger partial charge in [0, 0.05) is 119 Å². The Labute approximate surface area is 708 Å². The van der Waals surface area contributed by atoms with Crippen molar-refractivity contribution in [1.29, 1.82) is 0 Å². The number of para-hydroxylation sites is 1. The minimum atomic E-state index is -5.84. The van der Waals surface area contributed by atoms with Crippen LogP contribution in [0.1, 0.15) is 77.0 Å². The van der Waals surface area contributed by atoms with Crippen LogP contribution in [0.2, 0.25) is 0 Å². The smallest absolute Gasteiger partial charge is 0.486 e. The maximum atomic E-state index is 13.2. The zero-order chi connectivity index (χ0) is 81.9. The summed E-state index contributed by atoms with van der Waals surface area (Å²) in [6, 6.07) is 88.5. The number of hydrogen-bond donors (Lipinski definition) is 3. The molecule has 0 aliphatic rings. The zero-order valence-corrected chi connectivity index (χ0v) is 70.9. The first kappa shape index (κ1) is 94.8. The Morgan fingerprint density at radius 2 is 0.769 bits per heavy atom. The number of nitrogens with zero attached hydrogens (tertiary/aromatic N) is 7. The van der Waals surface area contributed by atoms with Crippen LogP contribution in [0.3, 0.4) is 0 Å². The van der Waals surface area contributed by atoms with E-state index in [1.807, 2.05) is 166 Å². The van der Waals surface area contributed by atoms with Gasteiger partial charge in [0.1, 0.15) is 17.2 Å². The Morgan fingerprint density at radius 1 is 0.402 bits per heavy atom. The van der Waals surface area contributed by atoms with Gasteiger partial charge in [-0.2, -0.15) is 21.6 Å². The molecule has 117 heavy (non-hydrogen) atoms. The molecule has 0 atom stereocenters. The standard InChI is InChI=1S/C23H15FN2O.C23H14FN2O.3C15H16N.CHF3O3S.2CH4O.CH4.2Ir/c2*1-14-5-10-19-18-3-2-4-20(22(18)27-23(19)26-14)21-13-16(11-12-25-21)15-6-8-17(24)9-7-15;3*1-12(2)11-13-6-8-14(9-7-13)15-5-3-4-10-16-15;2-1(3,4)8(5,6)7;2*1-2;;;/h2-13H,1H3;2-3,5-13H,1H3;3*3-8,10,12H,11H2,1-2H3;(H,5,6,7);2*2H,1H3;1H4;;/q;4*-1;;;;;;. The molecule has 0 saturated carbocycles. The molecule has 0 amide bonds. The van der Waals surface area contributed by atoms with Gasteiger partial charge < -0.3 is 39.0 Å². The topological polar surface area (TPSA) is 211 Å². The van der Waals surface area contributed by atoms with Gasteiger partial charge in [0.2, 0.25) is 11.4 Å². The fraction of sp³-hybridized carbons (Fsp3) is 0.189. The number of furan rings is 2. The van der Waals surface area contributed by atoms with Crippen molar-refractivity contribution in [2.75, 3.05) is 14.2 Å². The first-order valence-corrected chi connectivity index (χ1v) is 38.0. The summed E-state index contributed by atoms with van der Waals surface area (Å²) in [5, 5.41) is 18.0. The number of rotatable bonds is 13. The fourth-order valence-electron chi connectivity index (χ4n) is 11.9. The van der Waals surface area contributed by atoms with E-state index in [9.17, 15) is 22.0 Å². The average Bonchev–Trinajstić information content (AvgIpc) is 1.61. The van der Waals surface area contributed by atoms with Crippen molar-refractivity contribution in [3.05, 3.63) is 332 Å². The van der Waals surface area contributed by atoms with E-state index in [2.05, 4.69) is 155 Å². The summed E-state index contributed by atoms with van der Waals surface area (Å²) in [5.74, 6) is 1.57. The third-order valence-corrected chi connectivity index (χ3v) is 17.6. The third kappa shape index (κ3) is 27.3. The van der Waals surface area contributed by atoms with Gasteiger partial charge in [-0.05, 0) is 150 Å². The van der Waals surface area contributed by atoms with Gasteiger partial charge >= 0.3 is 15.6 Å². The molecule has 7 aromatic carbocycles. The number of alkyl halides is 3. The van der Waals surface area contributed by atoms with E-state index in [0.717, 1.165) is 151 Å². The molecule has 2 radical (unpaired) electrons. The number of hydrogen-bond acceptors (Lipinski definition) is 13. The van der Waals surface area contributed by atoms with Crippen molar-refractivity contribution in [1.82, 2.24) is 34.9 Å². The Balaban J connectivity index is 0.000000222. The van der Waals surface area contributed by atoms with Crippen LogP contribution in [0.5, 0.6) is 0 Å². The number of pyridine rings is 7. The van der Waals surface area contributed by atoms with Gasteiger partial charge in [0.15, 0.2) is 0 Å². The van der Waals surface area contributed by atoms with E-state index in [0.29, 0.717) is 34.8 Å². The molecule has 3 N–H and O–H groups in total. The van der Waals surface area contributed by atoms with Crippen molar-refractivity contribution < 1.29 is 94.2 Å². The van der Waals surface area contributed by atoms with Crippen molar-refractivity contribution >= 4 is 54.3 Å². The second-order valence-electron chi connectivity index (χ2n) is 27.2. The largest absolute Gasteiger partial charge is 0.522 e. The predicted octanol–water partition coefficient (Wildman–Crippen LogP) is 23.6. The van der Waals surface area contributed by atoms with Gasteiger partial charge in [-0.3, -0.25) is 9.54 Å². The maximum Gasteiger partial charge on any atom is 0.522 e. The van der Waals surface area contributed by atoms with Crippen LogP contribution in [-0.4, -0.2) is 77.8 Å². The molecule has 0 saturated heterocycles. The van der Waals surface area contributed by atoms with E-state index in [4.69, 9.17) is 32.0 Å². The van der Waals surface area contributed by atoms with Gasteiger partial charge in [-0.1, -0.05) is 176 Å². The van der Waals surface area contributed by atoms with Crippen LogP contribution >= 0.6 is 0 Å². The number of halogens is 5. The number of aliphatic hydroxyl groups excluding tert-OH is 2. The van der Waals surface area contributed by atoms with Crippen LogP contribution in [0, 0.1) is 67.5 Å². The third-order valence-electron chi connectivity index (χ3n) is 17.0. The summed E-state index contributed by atoms with van der Waals surface area (Å²) < 4.78 is 96.1. The molecule has 22 heteroatoms. The normalized spacial score (nSPS) is 10.7. The summed E-state index contributed by atoms with van der Waals surface area (Å²) in [4.78, 5) is 30.9. The van der Waals surface area contributed by atoms with Crippen LogP contribution in [-0.2, 0) is 69.6 Å². The second-order valence-corrected chi connectivity index (χ2v) is 28.6. The summed E-state index contributed by atoms with van der Waals surface area (Å²) in [5.41, 5.74) is 16.2. The Hall–Kier alpha value is -11.0. The van der Waals surface area contributed by atoms with E-state index >= 15 is 0 Å². The van der Waals surface area contributed by atoms with Gasteiger partial charge in [0.25, 0.3) is 0 Å². The van der Waals surface area contributed by atoms with Crippen molar-refractivity contribution in [3.8, 4) is 78.5 Å². The van der Waals surface area contributed by atoms with Gasteiger partial charge in [-0.25, -0.2) is 18.7 Å². The monoisotopic (exact) mass is 1950 g/mol. The molecule has 0 spiro atoms. The molecular weight excluding hydrogens is 1860 g/mol. The number of aliphatic hydroxyl groups is 2. The number of aromatic nitrogens is 7. The van der Waals surface area contributed by atoms with Crippen LogP contribution < -0.4 is 0 Å². The molecule has 9 aromatic heterocycles. The van der Waals surface area contributed by atoms with E-state index < -0.39 is 15.6 Å². The van der Waals surface area contributed by atoms with Crippen LogP contribution in [0.25, 0.3) is 123 Å². The van der Waals surface area contributed by atoms with E-state index in [1.54, 1.807) is 36.7 Å². The zero-order valence-electron chi connectivity index (χ0n) is 65.3. The molecule has 16 aromatic rings. The van der Waals surface area contributed by atoms with Crippen molar-refractivity contribution in [2.24, 2.45) is 17.8 Å². The maximum absolute atomic E-state index is 13.2. The number of benzene rings is 7. The molecule has 16 rings (SSSR count). The minimum Gasteiger partial charge on any atom is -0.486 e. The summed E-state index contributed by atoms with van der Waals surface area (Å²) in [6.45, 7) is 17.3. The van der Waals surface area contributed by atoms with Gasteiger partial charge in [-0.15, -0.1) is 124 Å². The van der Waals surface area contributed by atoms with Crippen LogP contribution in [0.4, 0.5) is 22.0 Å². The minimum absolute atomic E-state index is 0. The Bertz CT molecular complexity index is 5380. The predicted molar refractivity (Wildman–Crippen MR) is 450 cm³/mol. The molecule has 610 valence electrons. The second kappa shape index (κ2) is 46.1. The molecule has 14 nitrogen and oxygen atoms in total. The van der Waals surface area contributed by atoms with E-state index in [-0.39, 0.29) is 59.3 Å². The SMILES string of the molecule is C.CC(C)Cc1c[c-]c(-c2ccccn2)cc1.CC(C)Cc1c[c-]c(-c2ccccn2)cc1.CC(C)Cc1c[c-]c(-c2ccccn2)cc1.CO.CO.Cc1ccc2c(n1)oc1c(-c3cc(-c4ccc(F)cc4)ccn3)[c-]ccc12.Cc1ccc2c(n1)oc1c(-c3cc(-c4ccc(F)cc4)ccn3)cccc12.O=S(=O)(O)C(F)(F)F.[Ir].[Ir]. The molecule has 0 aliphatic carbocycles. The fourth-order valence-corrected chi connectivity index (χ4v) is 11.9. The molecular formula is C95H90F5Ir2N7O7S-4. The van der Waals surface area contributed by atoms with Crippen molar-refractivity contribution in [3.63, 3.8) is 0 Å². The molecule has 0 bridgehead atoms. The van der Waals surface area contributed by atoms with Crippen LogP contribution in [0.15, 0.2) is 276 Å². The quantitative estimate of drug-likeness (QED) is 0.0424. The number of fused-ring (bicyclic) bond motifs is 6. The van der Waals surface area contributed by atoms with E-state index in [1.165, 1.54) is 41.0 Å². The number of aryl methyl sites for hydroxylation is 2. The Morgan fingerprint density at radius 3 is 1.13 bits per heavy atom. The molecule has 0 unspecified atom stereocenters. The molecule has 0 aliphatic heterocycles. The summed E-state index contributed by atoms with van der Waals surface area (Å²) in [7, 11) is -3.84. The van der Waals surface area contributed by atoms with Crippen molar-refractivity contribution in [2.45, 2.75) is 87.6 Å². The Kier molecular flexibility index (Phi) is 37.3. The summed E-state index contributed by atoms with van der Waals surface area (Å²) >= 11 is 0. The first-order chi connectivity index (χ1) is 54.9. The molecule has 9 heterocycles. The molecule has 0 fully saturated rings. The first-order valence-electron chi connectivity index (χ1n) is 36.5. The average molecular weight is 1950 g/mol. The van der Waals surface area contributed by atoms with Gasteiger partial charge in [0.05, 0.1) is 11.3 Å². The summed E-state index contributed by atoms with van der Waals surface area (Å²) in [6.07, 6.45) is 12.3.